The Morgan fingerprint density at radius 2 is 1.06 bits per heavy atom. The molecule has 0 spiro atoms. The standard InChI is InChI=1S/C13H26N4S/c1-9(12(3,4)5)14-16-11(18)17-15-10(2)13(6,7)8/h1-8H3,(H2,16,17,18)/b14-9+,15-10+. The van der Waals surface area contributed by atoms with E-state index in [1.807, 2.05) is 13.8 Å². The SMILES string of the molecule is C/C(=N\NC(=S)N/N=C(\C)C(C)(C)C)C(C)(C)C. The van der Waals surface area contributed by atoms with Gasteiger partial charge in [-0.25, -0.2) is 0 Å². The normalized spacial score (nSPS) is 14.4. The zero-order valence-electron chi connectivity index (χ0n) is 12.8. The lowest BCUT2D eigenvalue weighted by Gasteiger charge is -2.19. The second kappa shape index (κ2) is 6.27. The van der Waals surface area contributed by atoms with Crippen LogP contribution in [0.2, 0.25) is 0 Å². The molecule has 0 unspecified atom stereocenters. The molecule has 5 heteroatoms. The molecule has 0 bridgehead atoms. The average molecular weight is 270 g/mol. The highest BCUT2D eigenvalue weighted by Crippen LogP contribution is 2.15. The Bertz CT molecular complexity index is 322. The molecule has 0 aliphatic carbocycles. The molecule has 0 heterocycles. The van der Waals surface area contributed by atoms with Crippen molar-refractivity contribution >= 4 is 28.8 Å². The molecule has 2 N–H and O–H groups in total. The summed E-state index contributed by atoms with van der Waals surface area (Å²) >= 11 is 5.10. The molecule has 0 aromatic heterocycles. The van der Waals surface area contributed by atoms with Crippen LogP contribution in [-0.4, -0.2) is 16.5 Å². The Balaban J connectivity index is 4.40. The van der Waals surface area contributed by atoms with Gasteiger partial charge >= 0.3 is 0 Å². The average Bonchev–Trinajstić information content (AvgIpc) is 2.19. The molecule has 0 fully saturated rings. The Labute approximate surface area is 116 Å². The summed E-state index contributed by atoms with van der Waals surface area (Å²) in [5.74, 6) is 0. The van der Waals surface area contributed by atoms with E-state index in [2.05, 4.69) is 62.6 Å². The summed E-state index contributed by atoms with van der Waals surface area (Å²) in [6.07, 6.45) is 0. The van der Waals surface area contributed by atoms with E-state index in [9.17, 15) is 0 Å². The Morgan fingerprint density at radius 1 is 0.778 bits per heavy atom. The number of hydrogen-bond acceptors (Lipinski definition) is 3. The summed E-state index contributed by atoms with van der Waals surface area (Å²) in [5, 5.41) is 8.86. The van der Waals surface area contributed by atoms with Crippen molar-refractivity contribution in [3.05, 3.63) is 0 Å². The molecule has 0 aliphatic rings. The largest absolute Gasteiger partial charge is 0.252 e. The maximum atomic E-state index is 5.10. The summed E-state index contributed by atoms with van der Waals surface area (Å²) in [6.45, 7) is 16.6. The molecule has 0 rings (SSSR count). The van der Waals surface area contributed by atoms with Crippen molar-refractivity contribution < 1.29 is 0 Å². The summed E-state index contributed by atoms with van der Waals surface area (Å²) in [5.41, 5.74) is 7.64. The van der Waals surface area contributed by atoms with Crippen LogP contribution in [-0.2, 0) is 0 Å². The third-order valence-electron chi connectivity index (χ3n) is 2.82. The van der Waals surface area contributed by atoms with Crippen molar-refractivity contribution in [2.45, 2.75) is 55.4 Å². The molecule has 0 aromatic carbocycles. The van der Waals surface area contributed by atoms with E-state index in [1.54, 1.807) is 0 Å². The molecule has 0 saturated carbocycles. The van der Waals surface area contributed by atoms with Gasteiger partial charge < -0.3 is 0 Å². The van der Waals surface area contributed by atoms with Crippen LogP contribution >= 0.6 is 12.2 Å². The van der Waals surface area contributed by atoms with E-state index in [-0.39, 0.29) is 10.8 Å². The summed E-state index contributed by atoms with van der Waals surface area (Å²) < 4.78 is 0. The molecule has 0 saturated heterocycles. The van der Waals surface area contributed by atoms with Gasteiger partial charge in [0.2, 0.25) is 5.11 Å². The number of thiocarbonyl (C=S) groups is 1. The first-order valence-electron chi connectivity index (χ1n) is 6.10. The lowest BCUT2D eigenvalue weighted by Crippen LogP contribution is -2.32. The van der Waals surface area contributed by atoms with Gasteiger partial charge in [-0.05, 0) is 26.1 Å². The van der Waals surface area contributed by atoms with Crippen LogP contribution in [0.1, 0.15) is 55.4 Å². The first kappa shape index (κ1) is 17.0. The minimum absolute atomic E-state index is 0.0349. The zero-order valence-corrected chi connectivity index (χ0v) is 13.6. The topological polar surface area (TPSA) is 48.8 Å². The van der Waals surface area contributed by atoms with Crippen LogP contribution in [0.5, 0.6) is 0 Å². The number of nitrogens with one attached hydrogen (secondary N) is 2. The van der Waals surface area contributed by atoms with E-state index in [0.29, 0.717) is 5.11 Å². The summed E-state index contributed by atoms with van der Waals surface area (Å²) in [4.78, 5) is 0. The Hall–Kier alpha value is -0.970. The maximum absolute atomic E-state index is 5.10. The molecule has 104 valence electrons. The molecule has 18 heavy (non-hydrogen) atoms. The first-order chi connectivity index (χ1) is 7.94. The maximum Gasteiger partial charge on any atom is 0.207 e. The number of hydrogen-bond donors (Lipinski definition) is 2. The Kier molecular flexibility index (Phi) is 5.93. The lowest BCUT2D eigenvalue weighted by atomic mass is 9.91. The molecule has 0 atom stereocenters. The van der Waals surface area contributed by atoms with Crippen molar-refractivity contribution in [1.29, 1.82) is 0 Å². The Morgan fingerprint density at radius 3 is 1.28 bits per heavy atom. The molecular weight excluding hydrogens is 244 g/mol. The second-order valence-corrected chi connectivity index (χ2v) is 6.86. The van der Waals surface area contributed by atoms with Gasteiger partial charge in [0, 0.05) is 22.3 Å². The minimum Gasteiger partial charge on any atom is -0.252 e. The van der Waals surface area contributed by atoms with Gasteiger partial charge in [0.1, 0.15) is 0 Å². The number of rotatable bonds is 2. The summed E-state index contributed by atoms with van der Waals surface area (Å²) in [7, 11) is 0. The number of nitrogens with zero attached hydrogens (tertiary/aromatic N) is 2. The van der Waals surface area contributed by atoms with E-state index in [1.165, 1.54) is 0 Å². The van der Waals surface area contributed by atoms with Gasteiger partial charge in [0.15, 0.2) is 0 Å². The van der Waals surface area contributed by atoms with Crippen molar-refractivity contribution in [1.82, 2.24) is 10.9 Å². The highest BCUT2D eigenvalue weighted by molar-refractivity contribution is 7.80. The van der Waals surface area contributed by atoms with Crippen LogP contribution in [0.25, 0.3) is 0 Å². The second-order valence-electron chi connectivity index (χ2n) is 6.45. The quantitative estimate of drug-likeness (QED) is 0.460. The van der Waals surface area contributed by atoms with Crippen molar-refractivity contribution in [3.63, 3.8) is 0 Å². The fraction of sp³-hybridized carbons (Fsp3) is 0.769. The smallest absolute Gasteiger partial charge is 0.207 e. The van der Waals surface area contributed by atoms with Gasteiger partial charge in [-0.1, -0.05) is 41.5 Å². The minimum atomic E-state index is 0.0349. The van der Waals surface area contributed by atoms with Gasteiger partial charge in [-0.3, -0.25) is 10.9 Å². The van der Waals surface area contributed by atoms with Crippen LogP contribution in [0, 0.1) is 10.8 Å². The van der Waals surface area contributed by atoms with Crippen LogP contribution in [0.15, 0.2) is 10.2 Å². The predicted molar refractivity (Wildman–Crippen MR) is 84.0 cm³/mol. The molecule has 0 amide bonds. The highest BCUT2D eigenvalue weighted by Gasteiger charge is 2.15. The zero-order chi connectivity index (χ0) is 14.6. The fourth-order valence-corrected chi connectivity index (χ4v) is 0.721. The van der Waals surface area contributed by atoms with Crippen LogP contribution in [0.4, 0.5) is 0 Å². The third-order valence-corrected chi connectivity index (χ3v) is 3.00. The molecule has 0 aromatic rings. The first-order valence-corrected chi connectivity index (χ1v) is 6.51. The van der Waals surface area contributed by atoms with E-state index in [0.717, 1.165) is 11.4 Å². The van der Waals surface area contributed by atoms with Crippen molar-refractivity contribution in [3.8, 4) is 0 Å². The van der Waals surface area contributed by atoms with Gasteiger partial charge in [-0.15, -0.1) is 0 Å². The molecule has 4 nitrogen and oxygen atoms in total. The van der Waals surface area contributed by atoms with E-state index >= 15 is 0 Å². The summed E-state index contributed by atoms with van der Waals surface area (Å²) in [6, 6.07) is 0. The van der Waals surface area contributed by atoms with E-state index < -0.39 is 0 Å². The third kappa shape index (κ3) is 6.69. The van der Waals surface area contributed by atoms with Crippen molar-refractivity contribution in [2.24, 2.45) is 21.0 Å². The molecular formula is C13H26N4S. The van der Waals surface area contributed by atoms with Gasteiger partial charge in [0.25, 0.3) is 0 Å². The highest BCUT2D eigenvalue weighted by atomic mass is 32.1. The van der Waals surface area contributed by atoms with E-state index in [4.69, 9.17) is 12.2 Å². The monoisotopic (exact) mass is 270 g/mol. The number of hydrazone groups is 2. The lowest BCUT2D eigenvalue weighted by molar-refractivity contribution is 0.580. The van der Waals surface area contributed by atoms with Gasteiger partial charge in [-0.2, -0.15) is 10.2 Å². The molecule has 0 aliphatic heterocycles. The van der Waals surface area contributed by atoms with Crippen LogP contribution in [0.3, 0.4) is 0 Å². The molecule has 0 radical (unpaired) electrons. The van der Waals surface area contributed by atoms with Crippen LogP contribution < -0.4 is 10.9 Å². The van der Waals surface area contributed by atoms with Gasteiger partial charge in [0.05, 0.1) is 0 Å². The predicted octanol–water partition coefficient (Wildman–Crippen LogP) is 3.29. The fourth-order valence-electron chi connectivity index (χ4n) is 0.630. The van der Waals surface area contributed by atoms with Crippen molar-refractivity contribution in [2.75, 3.05) is 0 Å².